The number of hydrogen-bond donors (Lipinski definition) is 0. The summed E-state index contributed by atoms with van der Waals surface area (Å²) in [5.74, 6) is 0.619. The number of fused-ring (bicyclic) bond motifs is 1. The Kier molecular flexibility index (Phi) is 5.38. The number of ether oxygens (including phenoxy) is 1. The quantitative estimate of drug-likeness (QED) is 0.589. The molecule has 1 fully saturated rings. The monoisotopic (exact) mass is 435 g/mol. The second kappa shape index (κ2) is 7.82. The van der Waals surface area contributed by atoms with Crippen LogP contribution in [0, 0.1) is 6.92 Å². The predicted octanol–water partition coefficient (Wildman–Crippen LogP) is 0.975. The van der Waals surface area contributed by atoms with Gasteiger partial charge in [0.05, 0.1) is 18.6 Å². The molecule has 2 aromatic heterocycles. The first kappa shape index (κ1) is 20.0. The van der Waals surface area contributed by atoms with E-state index >= 15 is 0 Å². The van der Waals surface area contributed by atoms with Crippen molar-refractivity contribution in [3.05, 3.63) is 51.4 Å². The number of aromatic nitrogens is 3. The smallest absolute Gasteiger partial charge is 0.275 e. The summed E-state index contributed by atoms with van der Waals surface area (Å²) < 4.78 is 33.6. The fourth-order valence-corrected chi connectivity index (χ4v) is 5.65. The zero-order valence-corrected chi connectivity index (χ0v) is 17.7. The second-order valence-corrected chi connectivity index (χ2v) is 9.76. The zero-order valence-electron chi connectivity index (χ0n) is 16.1. The molecule has 1 aliphatic rings. The Labute approximate surface area is 172 Å². The van der Waals surface area contributed by atoms with Crippen LogP contribution >= 0.6 is 11.3 Å². The third-order valence-corrected chi connectivity index (χ3v) is 7.61. The minimum absolute atomic E-state index is 0.189. The van der Waals surface area contributed by atoms with Crippen molar-refractivity contribution >= 4 is 26.3 Å². The highest BCUT2D eigenvalue weighted by atomic mass is 32.2. The van der Waals surface area contributed by atoms with Gasteiger partial charge >= 0.3 is 0 Å². The van der Waals surface area contributed by atoms with Crippen LogP contribution in [-0.2, 0) is 16.6 Å². The van der Waals surface area contributed by atoms with Crippen molar-refractivity contribution in [1.29, 1.82) is 0 Å². The van der Waals surface area contributed by atoms with Crippen LogP contribution in [0.15, 0.2) is 40.0 Å². The number of aryl methyl sites for hydroxylation is 1. The molecule has 11 heteroatoms. The first-order valence-corrected chi connectivity index (χ1v) is 11.4. The van der Waals surface area contributed by atoms with Gasteiger partial charge in [-0.25, -0.2) is 13.4 Å². The molecule has 1 aromatic carbocycles. The van der Waals surface area contributed by atoms with Crippen LogP contribution in [0.5, 0.6) is 5.75 Å². The van der Waals surface area contributed by atoms with Crippen molar-refractivity contribution in [2.75, 3.05) is 33.3 Å². The van der Waals surface area contributed by atoms with Crippen LogP contribution in [0.1, 0.15) is 10.7 Å². The first-order chi connectivity index (χ1) is 13.9. The van der Waals surface area contributed by atoms with Crippen LogP contribution < -0.4 is 10.3 Å². The largest absolute Gasteiger partial charge is 0.497 e. The summed E-state index contributed by atoms with van der Waals surface area (Å²) in [6.07, 6.45) is 0. The van der Waals surface area contributed by atoms with Crippen molar-refractivity contribution in [2.45, 2.75) is 18.4 Å². The number of methoxy groups -OCH3 is 1. The summed E-state index contributed by atoms with van der Waals surface area (Å²) in [5.41, 5.74) is 0.480. The van der Waals surface area contributed by atoms with Crippen LogP contribution in [0.3, 0.4) is 0 Å². The molecule has 1 aliphatic heterocycles. The number of benzene rings is 1. The van der Waals surface area contributed by atoms with Crippen LogP contribution in [0.4, 0.5) is 0 Å². The Morgan fingerprint density at radius 1 is 1.14 bits per heavy atom. The molecule has 1 saturated heterocycles. The summed E-state index contributed by atoms with van der Waals surface area (Å²) >= 11 is 1.38. The molecule has 3 heterocycles. The third kappa shape index (κ3) is 4.04. The van der Waals surface area contributed by atoms with Gasteiger partial charge in [0.25, 0.3) is 5.56 Å². The number of sulfonamides is 1. The van der Waals surface area contributed by atoms with Gasteiger partial charge in [0, 0.05) is 37.9 Å². The molecule has 0 spiro atoms. The maximum Gasteiger partial charge on any atom is 0.275 e. The molecule has 0 aliphatic carbocycles. The minimum atomic E-state index is -3.53. The minimum Gasteiger partial charge on any atom is -0.497 e. The summed E-state index contributed by atoms with van der Waals surface area (Å²) in [5, 5.41) is 5.14. The molecule has 4 rings (SSSR count). The Morgan fingerprint density at radius 2 is 1.83 bits per heavy atom. The predicted molar refractivity (Wildman–Crippen MR) is 109 cm³/mol. The average molecular weight is 436 g/mol. The lowest BCUT2D eigenvalue weighted by molar-refractivity contribution is 0.181. The van der Waals surface area contributed by atoms with Gasteiger partial charge in [-0.05, 0) is 31.2 Å². The van der Waals surface area contributed by atoms with Crippen LogP contribution in [0.25, 0.3) is 4.96 Å². The molecule has 29 heavy (non-hydrogen) atoms. The topological polar surface area (TPSA) is 97.1 Å². The lowest BCUT2D eigenvalue weighted by atomic mass is 10.3. The molecule has 9 nitrogen and oxygen atoms in total. The highest BCUT2D eigenvalue weighted by Gasteiger charge is 2.29. The van der Waals surface area contributed by atoms with E-state index in [1.807, 2.05) is 0 Å². The van der Waals surface area contributed by atoms with Gasteiger partial charge in [0.2, 0.25) is 15.0 Å². The molecule has 0 atom stereocenters. The fourth-order valence-electron chi connectivity index (χ4n) is 3.24. The molecule has 0 unspecified atom stereocenters. The highest BCUT2D eigenvalue weighted by molar-refractivity contribution is 7.89. The van der Waals surface area contributed by atoms with Gasteiger partial charge in [-0.3, -0.25) is 9.69 Å². The van der Waals surface area contributed by atoms with Crippen LogP contribution in [-0.4, -0.2) is 65.5 Å². The van der Waals surface area contributed by atoms with Gasteiger partial charge in [0.15, 0.2) is 0 Å². The lowest BCUT2D eigenvalue weighted by Gasteiger charge is -2.33. The van der Waals surface area contributed by atoms with Gasteiger partial charge in [0.1, 0.15) is 10.8 Å². The van der Waals surface area contributed by atoms with Gasteiger partial charge in [-0.2, -0.15) is 13.9 Å². The summed E-state index contributed by atoms with van der Waals surface area (Å²) in [4.78, 5) is 19.3. The van der Waals surface area contributed by atoms with Gasteiger partial charge < -0.3 is 4.74 Å². The SMILES string of the molecule is COc1ccc(S(=O)(=O)N2CCN(Cc3nn4c(=O)cc(C)nc4s3)CC2)cc1. The number of piperazine rings is 1. The second-order valence-electron chi connectivity index (χ2n) is 6.78. The van der Waals surface area contributed by atoms with E-state index < -0.39 is 10.0 Å². The van der Waals surface area contributed by atoms with Crippen molar-refractivity contribution < 1.29 is 13.2 Å². The Morgan fingerprint density at radius 3 is 2.48 bits per heavy atom. The maximum absolute atomic E-state index is 12.8. The Balaban J connectivity index is 1.42. The fraction of sp³-hybridized carbons (Fsp3) is 0.389. The van der Waals surface area contributed by atoms with Crippen molar-refractivity contribution in [3.63, 3.8) is 0 Å². The first-order valence-electron chi connectivity index (χ1n) is 9.10. The number of hydrogen-bond acceptors (Lipinski definition) is 8. The van der Waals surface area contributed by atoms with Crippen molar-refractivity contribution in [2.24, 2.45) is 0 Å². The molecule has 3 aromatic rings. The summed E-state index contributed by atoms with van der Waals surface area (Å²) in [6.45, 7) is 4.32. The third-order valence-electron chi connectivity index (χ3n) is 4.80. The highest BCUT2D eigenvalue weighted by Crippen LogP contribution is 2.21. The van der Waals surface area contributed by atoms with E-state index in [0.717, 1.165) is 5.01 Å². The van der Waals surface area contributed by atoms with E-state index in [4.69, 9.17) is 4.74 Å². The Hall–Kier alpha value is -2.34. The summed E-state index contributed by atoms with van der Waals surface area (Å²) in [6, 6.07) is 7.88. The maximum atomic E-state index is 12.8. The van der Waals surface area contributed by atoms with E-state index in [1.165, 1.54) is 26.2 Å². The number of nitrogens with zero attached hydrogens (tertiary/aromatic N) is 5. The standard InChI is InChI=1S/C18H21N5O4S2/c1-13-11-17(24)23-18(19-13)28-16(20-23)12-21-7-9-22(10-8-21)29(25,26)15-5-3-14(27-2)4-6-15/h3-6,11H,7-10,12H2,1-2H3. The van der Waals surface area contributed by atoms with Crippen LogP contribution in [0.2, 0.25) is 0 Å². The molecule has 154 valence electrons. The molecule has 0 N–H and O–H groups in total. The molecule has 0 radical (unpaired) electrons. The molecular formula is C18H21N5O4S2. The van der Waals surface area contributed by atoms with E-state index in [-0.39, 0.29) is 10.5 Å². The van der Waals surface area contributed by atoms with Gasteiger partial charge in [-0.15, -0.1) is 0 Å². The normalized spacial score (nSPS) is 16.3. The summed E-state index contributed by atoms with van der Waals surface area (Å²) in [7, 11) is -1.99. The zero-order chi connectivity index (χ0) is 20.6. The van der Waals surface area contributed by atoms with Crippen molar-refractivity contribution in [3.8, 4) is 5.75 Å². The molecule has 0 bridgehead atoms. The van der Waals surface area contributed by atoms with E-state index in [1.54, 1.807) is 38.3 Å². The average Bonchev–Trinajstić information content (AvgIpc) is 3.11. The van der Waals surface area contributed by atoms with Gasteiger partial charge in [-0.1, -0.05) is 11.3 Å². The molecule has 0 saturated carbocycles. The van der Waals surface area contributed by atoms with E-state index in [0.29, 0.717) is 49.1 Å². The Bertz CT molecular complexity index is 1180. The van der Waals surface area contributed by atoms with Crippen molar-refractivity contribution in [1.82, 2.24) is 23.8 Å². The lowest BCUT2D eigenvalue weighted by Crippen LogP contribution is -2.48. The van der Waals surface area contributed by atoms with E-state index in [2.05, 4.69) is 15.0 Å². The molecular weight excluding hydrogens is 414 g/mol. The van der Waals surface area contributed by atoms with E-state index in [9.17, 15) is 13.2 Å². The molecule has 0 amide bonds. The number of rotatable bonds is 5.